The summed E-state index contributed by atoms with van der Waals surface area (Å²) in [5.41, 5.74) is 2.22. The molecule has 1 amide bonds. The summed E-state index contributed by atoms with van der Waals surface area (Å²) in [6.07, 6.45) is 1.14. The molecular formula is C18H30N2O3. The fourth-order valence-corrected chi connectivity index (χ4v) is 2.15. The van der Waals surface area contributed by atoms with E-state index in [0.717, 1.165) is 30.7 Å². The van der Waals surface area contributed by atoms with Crippen LogP contribution >= 0.6 is 0 Å². The Labute approximate surface area is 140 Å². The highest BCUT2D eigenvalue weighted by Crippen LogP contribution is 2.08. The number of nitrogens with zero attached hydrogens (tertiary/aromatic N) is 1. The van der Waals surface area contributed by atoms with E-state index in [4.69, 9.17) is 9.47 Å². The van der Waals surface area contributed by atoms with E-state index in [1.165, 1.54) is 0 Å². The van der Waals surface area contributed by atoms with Crippen molar-refractivity contribution in [3.8, 4) is 0 Å². The molecule has 0 bridgehead atoms. The summed E-state index contributed by atoms with van der Waals surface area (Å²) >= 11 is 0. The van der Waals surface area contributed by atoms with E-state index in [-0.39, 0.29) is 12.0 Å². The highest BCUT2D eigenvalue weighted by Gasteiger charge is 2.06. The van der Waals surface area contributed by atoms with Gasteiger partial charge in [0.15, 0.2) is 0 Å². The summed E-state index contributed by atoms with van der Waals surface area (Å²) < 4.78 is 10.6. The van der Waals surface area contributed by atoms with Crippen LogP contribution in [0.1, 0.15) is 31.4 Å². The lowest BCUT2D eigenvalue weighted by Gasteiger charge is -2.16. The molecular weight excluding hydrogens is 292 g/mol. The number of carbonyl (C=O) groups is 1. The molecule has 0 heterocycles. The Morgan fingerprint density at radius 3 is 2.74 bits per heavy atom. The van der Waals surface area contributed by atoms with Crippen LogP contribution in [0.2, 0.25) is 0 Å². The first-order valence-electron chi connectivity index (χ1n) is 8.15. The third kappa shape index (κ3) is 9.33. The minimum absolute atomic E-state index is 0.0359. The zero-order valence-electron chi connectivity index (χ0n) is 14.8. The van der Waals surface area contributed by atoms with Crippen LogP contribution in [-0.4, -0.2) is 50.8 Å². The Hall–Kier alpha value is -1.43. The molecule has 0 aromatic heterocycles. The Morgan fingerprint density at radius 2 is 2.04 bits per heavy atom. The van der Waals surface area contributed by atoms with E-state index in [2.05, 4.69) is 11.4 Å². The van der Waals surface area contributed by atoms with Crippen molar-refractivity contribution in [1.29, 1.82) is 0 Å². The van der Waals surface area contributed by atoms with E-state index in [1.54, 1.807) is 7.11 Å². The lowest BCUT2D eigenvalue weighted by atomic mass is 10.1. The van der Waals surface area contributed by atoms with Gasteiger partial charge in [0, 0.05) is 26.8 Å². The maximum Gasteiger partial charge on any atom is 0.234 e. The van der Waals surface area contributed by atoms with Gasteiger partial charge in [0.2, 0.25) is 5.91 Å². The third-order valence-corrected chi connectivity index (χ3v) is 3.37. The highest BCUT2D eigenvalue weighted by molar-refractivity contribution is 5.77. The number of nitrogens with one attached hydrogen (secondary N) is 1. The van der Waals surface area contributed by atoms with Crippen molar-refractivity contribution < 1.29 is 14.3 Å². The van der Waals surface area contributed by atoms with Crippen LogP contribution in [0.4, 0.5) is 0 Å². The quantitative estimate of drug-likeness (QED) is 0.635. The van der Waals surface area contributed by atoms with Crippen LogP contribution in [0.15, 0.2) is 24.3 Å². The monoisotopic (exact) mass is 322 g/mol. The smallest absolute Gasteiger partial charge is 0.234 e. The third-order valence-electron chi connectivity index (χ3n) is 3.37. The van der Waals surface area contributed by atoms with Gasteiger partial charge in [-0.1, -0.05) is 24.3 Å². The predicted molar refractivity (Wildman–Crippen MR) is 92.2 cm³/mol. The van der Waals surface area contributed by atoms with Gasteiger partial charge >= 0.3 is 0 Å². The number of hydrogen-bond donors (Lipinski definition) is 1. The lowest BCUT2D eigenvalue weighted by Crippen LogP contribution is -2.35. The second-order valence-electron chi connectivity index (χ2n) is 6.04. The molecule has 0 aliphatic rings. The molecule has 1 aromatic carbocycles. The molecule has 0 spiro atoms. The molecule has 0 saturated carbocycles. The van der Waals surface area contributed by atoms with Gasteiger partial charge in [-0.15, -0.1) is 0 Å². The Morgan fingerprint density at radius 1 is 1.30 bits per heavy atom. The van der Waals surface area contributed by atoms with Gasteiger partial charge in [-0.05, 0) is 38.4 Å². The number of likely N-dealkylation sites (N-methyl/N-ethyl adjacent to an activating group) is 1. The Kier molecular flexibility index (Phi) is 9.52. The molecule has 5 nitrogen and oxygen atoms in total. The average Bonchev–Trinajstić information content (AvgIpc) is 2.51. The largest absolute Gasteiger partial charge is 0.385 e. The zero-order chi connectivity index (χ0) is 17.1. The highest BCUT2D eigenvalue weighted by atomic mass is 16.5. The van der Waals surface area contributed by atoms with Crippen molar-refractivity contribution in [3.05, 3.63) is 35.4 Å². The number of rotatable bonds is 11. The summed E-state index contributed by atoms with van der Waals surface area (Å²) in [7, 11) is 3.63. The topological polar surface area (TPSA) is 50.8 Å². The molecule has 23 heavy (non-hydrogen) atoms. The first-order chi connectivity index (χ1) is 11.0. The van der Waals surface area contributed by atoms with E-state index in [1.807, 2.05) is 44.0 Å². The first-order valence-corrected chi connectivity index (χ1v) is 8.15. The molecule has 0 aliphatic carbocycles. The summed E-state index contributed by atoms with van der Waals surface area (Å²) in [6, 6.07) is 8.13. The molecule has 5 heteroatoms. The number of ether oxygens (including phenoxy) is 2. The number of benzene rings is 1. The van der Waals surface area contributed by atoms with Crippen molar-refractivity contribution in [2.24, 2.45) is 0 Å². The molecule has 130 valence electrons. The summed E-state index contributed by atoms with van der Waals surface area (Å²) in [5, 5.41) is 2.96. The van der Waals surface area contributed by atoms with Gasteiger partial charge in [-0.25, -0.2) is 0 Å². The predicted octanol–water partition coefficient (Wildman–Crippen LogP) is 2.20. The molecule has 1 rings (SSSR count). The summed E-state index contributed by atoms with van der Waals surface area (Å²) in [5.74, 6) is 0.0359. The van der Waals surface area contributed by atoms with Gasteiger partial charge in [-0.2, -0.15) is 0 Å². The number of methoxy groups -OCH3 is 1. The molecule has 0 fully saturated rings. The van der Waals surface area contributed by atoms with Crippen molar-refractivity contribution in [2.45, 2.75) is 39.5 Å². The van der Waals surface area contributed by atoms with Gasteiger partial charge < -0.3 is 14.8 Å². The molecule has 0 radical (unpaired) electrons. The maximum absolute atomic E-state index is 12.0. The Bertz CT molecular complexity index is 463. The summed E-state index contributed by atoms with van der Waals surface area (Å²) in [4.78, 5) is 14.0. The van der Waals surface area contributed by atoms with Crippen LogP contribution in [0.25, 0.3) is 0 Å². The number of carbonyl (C=O) groups excluding carboxylic acids is 1. The molecule has 0 atom stereocenters. The molecule has 0 unspecified atom stereocenters. The Balaban J connectivity index is 2.33. The zero-order valence-corrected chi connectivity index (χ0v) is 14.8. The van der Waals surface area contributed by atoms with Crippen LogP contribution in [0, 0.1) is 0 Å². The molecule has 1 aromatic rings. The first kappa shape index (κ1) is 19.6. The van der Waals surface area contributed by atoms with E-state index >= 15 is 0 Å². The minimum atomic E-state index is 0.0359. The fraction of sp³-hybridized carbons (Fsp3) is 0.611. The normalized spacial score (nSPS) is 11.2. The molecule has 0 saturated heterocycles. The van der Waals surface area contributed by atoms with Crippen LogP contribution < -0.4 is 5.32 Å². The average molecular weight is 322 g/mol. The van der Waals surface area contributed by atoms with Crippen LogP contribution in [0.3, 0.4) is 0 Å². The second-order valence-corrected chi connectivity index (χ2v) is 6.04. The van der Waals surface area contributed by atoms with Gasteiger partial charge in [0.1, 0.15) is 0 Å². The summed E-state index contributed by atoms with van der Waals surface area (Å²) in [6.45, 7) is 7.16. The van der Waals surface area contributed by atoms with E-state index in [0.29, 0.717) is 19.7 Å². The van der Waals surface area contributed by atoms with E-state index < -0.39 is 0 Å². The number of hydrogen-bond acceptors (Lipinski definition) is 4. The molecule has 1 N–H and O–H groups in total. The van der Waals surface area contributed by atoms with Crippen molar-refractivity contribution >= 4 is 5.91 Å². The molecule has 0 aliphatic heterocycles. The lowest BCUT2D eigenvalue weighted by molar-refractivity contribution is -0.122. The van der Waals surface area contributed by atoms with E-state index in [9.17, 15) is 4.79 Å². The SMILES string of the molecule is COCCCN(C)CC(=O)NCc1cccc(COC(C)C)c1. The van der Waals surface area contributed by atoms with Crippen LogP contribution in [-0.2, 0) is 27.4 Å². The maximum atomic E-state index is 12.0. The van der Waals surface area contributed by atoms with Crippen molar-refractivity contribution in [3.63, 3.8) is 0 Å². The van der Waals surface area contributed by atoms with Gasteiger partial charge in [0.25, 0.3) is 0 Å². The van der Waals surface area contributed by atoms with Gasteiger partial charge in [0.05, 0.1) is 19.3 Å². The van der Waals surface area contributed by atoms with Gasteiger partial charge in [-0.3, -0.25) is 9.69 Å². The standard InChI is InChI=1S/C18H30N2O3/c1-15(2)23-14-17-8-5-7-16(11-17)12-19-18(21)13-20(3)9-6-10-22-4/h5,7-8,11,15H,6,9-10,12-14H2,1-4H3,(H,19,21). The minimum Gasteiger partial charge on any atom is -0.385 e. The fourth-order valence-electron chi connectivity index (χ4n) is 2.15. The second kappa shape index (κ2) is 11.2. The number of amides is 1. The van der Waals surface area contributed by atoms with Crippen molar-refractivity contribution in [1.82, 2.24) is 10.2 Å². The van der Waals surface area contributed by atoms with Crippen LogP contribution in [0.5, 0.6) is 0 Å². The van der Waals surface area contributed by atoms with Crippen molar-refractivity contribution in [2.75, 3.05) is 33.9 Å².